The predicted molar refractivity (Wildman–Crippen MR) is 55.9 cm³/mol. The molecule has 0 spiro atoms. The molecule has 1 rings (SSSR count). The van der Waals surface area contributed by atoms with Gasteiger partial charge in [0.25, 0.3) is 0 Å². The van der Waals surface area contributed by atoms with E-state index in [2.05, 4.69) is 19.3 Å². The maximum Gasteiger partial charge on any atom is 0.0622 e. The number of nitrogens with one attached hydrogen (secondary N) is 1. The molecule has 1 N–H and O–H groups in total. The van der Waals surface area contributed by atoms with Crippen molar-refractivity contribution in [1.29, 1.82) is 0 Å². The summed E-state index contributed by atoms with van der Waals surface area (Å²) in [5.74, 6) is 0.852. The quantitative estimate of drug-likeness (QED) is 0.709. The Hall–Kier alpha value is -0.0800. The zero-order valence-electron chi connectivity index (χ0n) is 9.01. The lowest BCUT2D eigenvalue weighted by molar-refractivity contribution is 0.0962. The van der Waals surface area contributed by atoms with Crippen LogP contribution in [0.15, 0.2) is 0 Å². The second-order valence-electron chi connectivity index (χ2n) is 3.95. The molecular formula is C11H23NO. The van der Waals surface area contributed by atoms with Crippen molar-refractivity contribution in [3.8, 4) is 0 Å². The highest BCUT2D eigenvalue weighted by Gasteiger charge is 2.21. The smallest absolute Gasteiger partial charge is 0.0622 e. The molecule has 0 amide bonds. The fraction of sp³-hybridized carbons (Fsp3) is 1.00. The summed E-state index contributed by atoms with van der Waals surface area (Å²) in [5.41, 5.74) is 0. The van der Waals surface area contributed by atoms with Crippen LogP contribution in [0.2, 0.25) is 0 Å². The molecule has 1 unspecified atom stereocenters. The van der Waals surface area contributed by atoms with Gasteiger partial charge in [0.15, 0.2) is 0 Å². The first kappa shape index (κ1) is 11.0. The molecule has 78 valence electrons. The van der Waals surface area contributed by atoms with E-state index < -0.39 is 0 Å². The molecule has 1 saturated carbocycles. The van der Waals surface area contributed by atoms with Gasteiger partial charge >= 0.3 is 0 Å². The summed E-state index contributed by atoms with van der Waals surface area (Å²) < 4.78 is 5.48. The van der Waals surface area contributed by atoms with E-state index in [1.165, 1.54) is 32.1 Å². The Morgan fingerprint density at radius 2 is 2.00 bits per heavy atom. The number of rotatable bonds is 5. The van der Waals surface area contributed by atoms with Gasteiger partial charge in [0.1, 0.15) is 0 Å². The first-order valence-corrected chi connectivity index (χ1v) is 5.63. The van der Waals surface area contributed by atoms with Crippen LogP contribution in [-0.2, 0) is 4.74 Å². The van der Waals surface area contributed by atoms with Gasteiger partial charge in [-0.25, -0.2) is 0 Å². The fourth-order valence-electron chi connectivity index (χ4n) is 2.24. The molecule has 2 nitrogen and oxygen atoms in total. The zero-order valence-corrected chi connectivity index (χ0v) is 9.01. The monoisotopic (exact) mass is 185 g/mol. The van der Waals surface area contributed by atoms with E-state index in [1.807, 2.05) is 0 Å². The normalized spacial score (nSPS) is 21.7. The van der Waals surface area contributed by atoms with Crippen molar-refractivity contribution in [3.63, 3.8) is 0 Å². The summed E-state index contributed by atoms with van der Waals surface area (Å²) in [7, 11) is 2.05. The van der Waals surface area contributed by atoms with Crippen LogP contribution in [0, 0.1) is 5.92 Å². The van der Waals surface area contributed by atoms with Crippen molar-refractivity contribution in [2.75, 3.05) is 20.3 Å². The highest BCUT2D eigenvalue weighted by Crippen LogP contribution is 2.26. The van der Waals surface area contributed by atoms with Crippen LogP contribution < -0.4 is 5.32 Å². The molecule has 0 aliphatic heterocycles. The topological polar surface area (TPSA) is 21.3 Å². The molecule has 1 aliphatic rings. The van der Waals surface area contributed by atoms with Crippen LogP contribution in [0.5, 0.6) is 0 Å². The lowest BCUT2D eigenvalue weighted by atomic mass is 9.84. The number of ether oxygens (including phenoxy) is 1. The van der Waals surface area contributed by atoms with Crippen LogP contribution in [-0.4, -0.2) is 26.3 Å². The highest BCUT2D eigenvalue weighted by atomic mass is 16.5. The molecule has 0 aromatic rings. The summed E-state index contributed by atoms with van der Waals surface area (Å²) in [4.78, 5) is 0. The molecule has 13 heavy (non-hydrogen) atoms. The molecule has 1 aliphatic carbocycles. The number of hydrogen-bond acceptors (Lipinski definition) is 2. The Labute approximate surface area is 82.0 Å². The van der Waals surface area contributed by atoms with E-state index in [-0.39, 0.29) is 0 Å². The Kier molecular flexibility index (Phi) is 5.40. The van der Waals surface area contributed by atoms with Gasteiger partial charge in [-0.2, -0.15) is 0 Å². The molecule has 0 radical (unpaired) electrons. The van der Waals surface area contributed by atoms with Gasteiger partial charge in [0.05, 0.1) is 6.61 Å². The van der Waals surface area contributed by atoms with Gasteiger partial charge < -0.3 is 10.1 Å². The molecule has 2 heteroatoms. The van der Waals surface area contributed by atoms with E-state index in [0.29, 0.717) is 6.04 Å². The SMILES string of the molecule is CCOCC(NC)C1CCCCC1. The van der Waals surface area contributed by atoms with E-state index >= 15 is 0 Å². The maximum atomic E-state index is 5.48. The zero-order chi connectivity index (χ0) is 9.52. The standard InChI is InChI=1S/C11H23NO/c1-3-13-9-11(12-2)10-7-5-4-6-8-10/h10-12H,3-9H2,1-2H3. The van der Waals surface area contributed by atoms with Crippen LogP contribution >= 0.6 is 0 Å². The molecule has 0 bridgehead atoms. The second-order valence-corrected chi connectivity index (χ2v) is 3.95. The van der Waals surface area contributed by atoms with Crippen molar-refractivity contribution >= 4 is 0 Å². The lowest BCUT2D eigenvalue weighted by Crippen LogP contribution is -2.38. The summed E-state index contributed by atoms with van der Waals surface area (Å²) in [5, 5.41) is 3.38. The number of hydrogen-bond donors (Lipinski definition) is 1. The van der Waals surface area contributed by atoms with Crippen LogP contribution in [0.3, 0.4) is 0 Å². The van der Waals surface area contributed by atoms with E-state index in [9.17, 15) is 0 Å². The molecular weight excluding hydrogens is 162 g/mol. The van der Waals surface area contributed by atoms with E-state index in [0.717, 1.165) is 19.1 Å². The molecule has 1 fully saturated rings. The van der Waals surface area contributed by atoms with Crippen molar-refractivity contribution in [3.05, 3.63) is 0 Å². The summed E-state index contributed by atoms with van der Waals surface area (Å²) in [6, 6.07) is 0.584. The fourth-order valence-corrected chi connectivity index (χ4v) is 2.24. The van der Waals surface area contributed by atoms with Crippen molar-refractivity contribution < 1.29 is 4.74 Å². The first-order chi connectivity index (χ1) is 6.38. The average molecular weight is 185 g/mol. The summed E-state index contributed by atoms with van der Waals surface area (Å²) in [6.45, 7) is 3.79. The summed E-state index contributed by atoms with van der Waals surface area (Å²) in [6.07, 6.45) is 7.03. The van der Waals surface area contributed by atoms with Gasteiger partial charge in [-0.1, -0.05) is 19.3 Å². The second kappa shape index (κ2) is 6.39. The van der Waals surface area contributed by atoms with Crippen LogP contribution in [0.25, 0.3) is 0 Å². The Bertz CT molecular complexity index is 121. The highest BCUT2D eigenvalue weighted by molar-refractivity contribution is 4.77. The van der Waals surface area contributed by atoms with Gasteiger partial charge in [-0.3, -0.25) is 0 Å². The molecule has 0 aromatic heterocycles. The van der Waals surface area contributed by atoms with Gasteiger partial charge in [-0.05, 0) is 32.7 Å². The maximum absolute atomic E-state index is 5.48. The Morgan fingerprint density at radius 3 is 2.54 bits per heavy atom. The predicted octanol–water partition coefficient (Wildman–Crippen LogP) is 2.19. The summed E-state index contributed by atoms with van der Waals surface area (Å²) >= 11 is 0. The molecule has 0 saturated heterocycles. The Balaban J connectivity index is 2.26. The minimum atomic E-state index is 0.584. The van der Waals surface area contributed by atoms with Gasteiger partial charge in [0, 0.05) is 12.6 Å². The van der Waals surface area contributed by atoms with E-state index in [1.54, 1.807) is 0 Å². The van der Waals surface area contributed by atoms with Gasteiger partial charge in [0.2, 0.25) is 0 Å². The minimum Gasteiger partial charge on any atom is -0.380 e. The van der Waals surface area contributed by atoms with Crippen molar-refractivity contribution in [2.24, 2.45) is 5.92 Å². The lowest BCUT2D eigenvalue weighted by Gasteiger charge is -2.29. The molecule has 0 aromatic carbocycles. The minimum absolute atomic E-state index is 0.584. The largest absolute Gasteiger partial charge is 0.380 e. The number of likely N-dealkylation sites (N-methyl/N-ethyl adjacent to an activating group) is 1. The molecule has 0 heterocycles. The third-order valence-corrected chi connectivity index (χ3v) is 3.09. The first-order valence-electron chi connectivity index (χ1n) is 5.63. The van der Waals surface area contributed by atoms with Crippen molar-refractivity contribution in [2.45, 2.75) is 45.1 Å². The van der Waals surface area contributed by atoms with Crippen molar-refractivity contribution in [1.82, 2.24) is 5.32 Å². The molecule has 1 atom stereocenters. The van der Waals surface area contributed by atoms with Crippen LogP contribution in [0.4, 0.5) is 0 Å². The van der Waals surface area contributed by atoms with E-state index in [4.69, 9.17) is 4.74 Å². The van der Waals surface area contributed by atoms with Gasteiger partial charge in [-0.15, -0.1) is 0 Å². The van der Waals surface area contributed by atoms with Crippen LogP contribution in [0.1, 0.15) is 39.0 Å². The Morgan fingerprint density at radius 1 is 1.31 bits per heavy atom. The third-order valence-electron chi connectivity index (χ3n) is 3.09. The third kappa shape index (κ3) is 3.65. The average Bonchev–Trinajstić information content (AvgIpc) is 2.21.